The maximum atomic E-state index is 13.8. The van der Waals surface area contributed by atoms with E-state index in [9.17, 15) is 13.9 Å². The van der Waals surface area contributed by atoms with Gasteiger partial charge in [-0.2, -0.15) is 0 Å². The quantitative estimate of drug-likeness (QED) is 0.884. The number of hydrogen-bond acceptors (Lipinski definition) is 3. The molecule has 2 aromatic rings. The monoisotopic (exact) mass is 279 g/mol. The normalized spacial score (nSPS) is 10.6. The predicted molar refractivity (Wildman–Crippen MR) is 71.6 cm³/mol. The predicted octanol–water partition coefficient (Wildman–Crippen LogP) is 2.75. The smallest absolute Gasteiger partial charge is 0.191 e. The minimum Gasteiger partial charge on any atom is -0.508 e. The number of hydrogen-bond donors (Lipinski definition) is 2. The molecule has 106 valence electrons. The fraction of sp³-hybridized carbons (Fsp3) is 0.200. The Labute approximate surface area is 115 Å². The van der Waals surface area contributed by atoms with Crippen molar-refractivity contribution in [3.05, 3.63) is 59.2 Å². The molecule has 0 heterocycles. The van der Waals surface area contributed by atoms with E-state index in [0.717, 1.165) is 0 Å². The summed E-state index contributed by atoms with van der Waals surface area (Å²) in [5.41, 5.74) is 6.46. The zero-order valence-electron chi connectivity index (χ0n) is 10.8. The molecule has 0 saturated carbocycles. The minimum atomic E-state index is -0.756. The van der Waals surface area contributed by atoms with Gasteiger partial charge >= 0.3 is 0 Å². The minimum absolute atomic E-state index is 0.0293. The van der Waals surface area contributed by atoms with Gasteiger partial charge in [0.05, 0.1) is 0 Å². The number of rotatable bonds is 5. The lowest BCUT2D eigenvalue weighted by molar-refractivity contribution is 0.273. The summed E-state index contributed by atoms with van der Waals surface area (Å²) in [5.74, 6) is -1.86. The molecule has 5 heteroatoms. The second-order valence-electron chi connectivity index (χ2n) is 4.39. The van der Waals surface area contributed by atoms with Crippen molar-refractivity contribution < 1.29 is 18.6 Å². The van der Waals surface area contributed by atoms with Crippen molar-refractivity contribution >= 4 is 0 Å². The highest BCUT2D eigenvalue weighted by Gasteiger charge is 2.12. The first-order chi connectivity index (χ1) is 9.60. The molecular weight excluding hydrogens is 264 g/mol. The summed E-state index contributed by atoms with van der Waals surface area (Å²) in [6.07, 6.45) is 0.403. The van der Waals surface area contributed by atoms with E-state index >= 15 is 0 Å². The van der Waals surface area contributed by atoms with Gasteiger partial charge in [-0.25, -0.2) is 8.78 Å². The number of benzene rings is 2. The Hall–Kier alpha value is -2.14. The average molecular weight is 279 g/mol. The van der Waals surface area contributed by atoms with Crippen LogP contribution in [-0.4, -0.2) is 11.7 Å². The number of nitrogens with two attached hydrogens (primary N) is 1. The molecule has 0 aliphatic rings. The fourth-order valence-corrected chi connectivity index (χ4v) is 1.86. The molecule has 0 spiro atoms. The molecule has 0 fully saturated rings. The van der Waals surface area contributed by atoms with Crippen molar-refractivity contribution in [3.63, 3.8) is 0 Å². The second kappa shape index (κ2) is 6.34. The van der Waals surface area contributed by atoms with Crippen LogP contribution in [0.4, 0.5) is 8.78 Å². The SMILES string of the molecule is NCCc1cc(F)c(OCc2cccc(O)c2)c(F)c1. The highest BCUT2D eigenvalue weighted by atomic mass is 19.1. The van der Waals surface area contributed by atoms with Gasteiger partial charge in [0, 0.05) is 0 Å². The Bertz CT molecular complexity index is 579. The molecule has 3 N–H and O–H groups in total. The van der Waals surface area contributed by atoms with Crippen molar-refractivity contribution in [2.24, 2.45) is 5.73 Å². The maximum absolute atomic E-state index is 13.8. The first kappa shape index (κ1) is 14.3. The third-order valence-corrected chi connectivity index (χ3v) is 2.78. The highest BCUT2D eigenvalue weighted by molar-refractivity contribution is 5.32. The summed E-state index contributed by atoms with van der Waals surface area (Å²) >= 11 is 0. The number of phenols is 1. The fourth-order valence-electron chi connectivity index (χ4n) is 1.86. The first-order valence-corrected chi connectivity index (χ1v) is 6.19. The molecular formula is C15H15F2NO2. The van der Waals surface area contributed by atoms with E-state index in [4.69, 9.17) is 10.5 Å². The van der Waals surface area contributed by atoms with E-state index in [2.05, 4.69) is 0 Å². The first-order valence-electron chi connectivity index (χ1n) is 6.19. The van der Waals surface area contributed by atoms with Crippen LogP contribution in [0, 0.1) is 11.6 Å². The third-order valence-electron chi connectivity index (χ3n) is 2.78. The molecule has 2 aromatic carbocycles. The molecule has 0 aliphatic carbocycles. The van der Waals surface area contributed by atoms with Crippen LogP contribution in [0.1, 0.15) is 11.1 Å². The third kappa shape index (κ3) is 3.45. The lowest BCUT2D eigenvalue weighted by Crippen LogP contribution is -2.05. The van der Waals surface area contributed by atoms with Crippen LogP contribution in [-0.2, 0) is 13.0 Å². The lowest BCUT2D eigenvalue weighted by atomic mass is 10.1. The van der Waals surface area contributed by atoms with E-state index in [0.29, 0.717) is 24.1 Å². The van der Waals surface area contributed by atoms with Crippen molar-refractivity contribution in [1.29, 1.82) is 0 Å². The van der Waals surface area contributed by atoms with Gasteiger partial charge < -0.3 is 15.6 Å². The number of ether oxygens (including phenoxy) is 1. The van der Waals surface area contributed by atoms with E-state index in [1.54, 1.807) is 12.1 Å². The largest absolute Gasteiger partial charge is 0.508 e. The van der Waals surface area contributed by atoms with Gasteiger partial charge in [-0.1, -0.05) is 12.1 Å². The molecule has 0 amide bonds. The molecule has 0 aromatic heterocycles. The standard InChI is InChI=1S/C15H15F2NO2/c16-13-7-10(4-5-18)8-14(17)15(13)20-9-11-2-1-3-12(19)6-11/h1-3,6-8,19H,4-5,9,18H2. The van der Waals surface area contributed by atoms with Crippen molar-refractivity contribution in [1.82, 2.24) is 0 Å². The van der Waals surface area contributed by atoms with E-state index in [1.807, 2.05) is 0 Å². The molecule has 2 rings (SSSR count). The topological polar surface area (TPSA) is 55.5 Å². The molecule has 20 heavy (non-hydrogen) atoms. The van der Waals surface area contributed by atoms with Crippen LogP contribution >= 0.6 is 0 Å². The van der Waals surface area contributed by atoms with Crippen molar-refractivity contribution in [2.75, 3.05) is 6.54 Å². The van der Waals surface area contributed by atoms with E-state index in [-0.39, 0.29) is 12.4 Å². The molecule has 0 unspecified atom stereocenters. The summed E-state index contributed by atoms with van der Waals surface area (Å²) in [5, 5.41) is 9.30. The van der Waals surface area contributed by atoms with Crippen molar-refractivity contribution in [3.8, 4) is 11.5 Å². The van der Waals surface area contributed by atoms with Crippen LogP contribution in [0.2, 0.25) is 0 Å². The van der Waals surface area contributed by atoms with Gasteiger partial charge in [-0.3, -0.25) is 0 Å². The lowest BCUT2D eigenvalue weighted by Gasteiger charge is -2.10. The molecule has 3 nitrogen and oxygen atoms in total. The molecule has 0 aliphatic heterocycles. The molecule has 0 atom stereocenters. The summed E-state index contributed by atoms with van der Waals surface area (Å²) < 4.78 is 32.7. The van der Waals surface area contributed by atoms with Gasteiger partial charge in [0.1, 0.15) is 12.4 Å². The van der Waals surface area contributed by atoms with Crippen molar-refractivity contribution in [2.45, 2.75) is 13.0 Å². The molecule has 0 radical (unpaired) electrons. The Morgan fingerprint density at radius 1 is 1.05 bits per heavy atom. The maximum Gasteiger partial charge on any atom is 0.191 e. The van der Waals surface area contributed by atoms with Crippen LogP contribution in [0.5, 0.6) is 11.5 Å². The summed E-state index contributed by atoms with van der Waals surface area (Å²) in [6, 6.07) is 8.73. The van der Waals surface area contributed by atoms with E-state index in [1.165, 1.54) is 24.3 Å². The van der Waals surface area contributed by atoms with Gasteiger partial charge in [0.2, 0.25) is 0 Å². The van der Waals surface area contributed by atoms with Crippen LogP contribution in [0.15, 0.2) is 36.4 Å². The van der Waals surface area contributed by atoms with Gasteiger partial charge in [-0.05, 0) is 48.4 Å². The number of phenolic OH excluding ortho intramolecular Hbond substituents is 1. The summed E-state index contributed by atoms with van der Waals surface area (Å²) in [6.45, 7) is 0.293. The van der Waals surface area contributed by atoms with Gasteiger partial charge in [0.25, 0.3) is 0 Å². The number of aromatic hydroxyl groups is 1. The van der Waals surface area contributed by atoms with E-state index < -0.39 is 17.4 Å². The summed E-state index contributed by atoms with van der Waals surface area (Å²) in [4.78, 5) is 0. The Kier molecular flexibility index (Phi) is 4.53. The van der Waals surface area contributed by atoms with Crippen LogP contribution < -0.4 is 10.5 Å². The molecule has 0 bridgehead atoms. The van der Waals surface area contributed by atoms with Gasteiger partial charge in [-0.15, -0.1) is 0 Å². The summed E-state index contributed by atoms with van der Waals surface area (Å²) in [7, 11) is 0. The molecule has 0 saturated heterocycles. The number of halogens is 2. The Morgan fingerprint density at radius 3 is 2.35 bits per heavy atom. The van der Waals surface area contributed by atoms with Gasteiger partial charge in [0.15, 0.2) is 17.4 Å². The second-order valence-corrected chi connectivity index (χ2v) is 4.39. The zero-order chi connectivity index (χ0) is 14.5. The Morgan fingerprint density at radius 2 is 1.75 bits per heavy atom. The Balaban J connectivity index is 2.13. The van der Waals surface area contributed by atoms with Crippen LogP contribution in [0.25, 0.3) is 0 Å². The zero-order valence-corrected chi connectivity index (χ0v) is 10.8. The highest BCUT2D eigenvalue weighted by Crippen LogP contribution is 2.25. The van der Waals surface area contributed by atoms with Crippen LogP contribution in [0.3, 0.4) is 0 Å². The average Bonchev–Trinajstić information content (AvgIpc) is 2.38.